The standard InChI is InChI=1S/C18H17N3O2S/c1-12-3-5-14(6-4-12)18-20-17(23-21-18)11-24-16-9-7-15(8-10-16)19-13(2)22/h3-10H,11H2,1-2H3,(H,19,22). The van der Waals surface area contributed by atoms with E-state index in [1.165, 1.54) is 12.5 Å². The zero-order valence-electron chi connectivity index (χ0n) is 13.4. The van der Waals surface area contributed by atoms with Crippen molar-refractivity contribution in [2.75, 3.05) is 5.32 Å². The second-order valence-corrected chi connectivity index (χ2v) is 6.42. The summed E-state index contributed by atoms with van der Waals surface area (Å²) >= 11 is 1.60. The van der Waals surface area contributed by atoms with Gasteiger partial charge in [0, 0.05) is 23.1 Å². The summed E-state index contributed by atoms with van der Waals surface area (Å²) in [5.41, 5.74) is 2.92. The zero-order chi connectivity index (χ0) is 16.9. The largest absolute Gasteiger partial charge is 0.338 e. The Morgan fingerprint density at radius 3 is 2.50 bits per heavy atom. The summed E-state index contributed by atoms with van der Waals surface area (Å²) in [6.07, 6.45) is 0. The molecule has 0 radical (unpaired) electrons. The van der Waals surface area contributed by atoms with Gasteiger partial charge in [0.1, 0.15) is 0 Å². The maximum Gasteiger partial charge on any atom is 0.237 e. The van der Waals surface area contributed by atoms with Crippen LogP contribution in [0.1, 0.15) is 18.4 Å². The Bertz CT molecular complexity index is 826. The number of benzene rings is 2. The first-order valence-corrected chi connectivity index (χ1v) is 8.49. The van der Waals surface area contributed by atoms with Crippen molar-refractivity contribution < 1.29 is 9.32 Å². The average Bonchev–Trinajstić information content (AvgIpc) is 3.03. The van der Waals surface area contributed by atoms with Crippen LogP contribution in [-0.4, -0.2) is 16.0 Å². The van der Waals surface area contributed by atoms with Gasteiger partial charge in [-0.1, -0.05) is 35.0 Å². The van der Waals surface area contributed by atoms with Gasteiger partial charge in [-0.15, -0.1) is 11.8 Å². The first-order chi connectivity index (χ1) is 11.6. The fourth-order valence-electron chi connectivity index (χ4n) is 2.12. The van der Waals surface area contributed by atoms with Gasteiger partial charge in [0.15, 0.2) is 0 Å². The van der Waals surface area contributed by atoms with Gasteiger partial charge in [0.05, 0.1) is 5.75 Å². The van der Waals surface area contributed by atoms with Crippen LogP contribution in [0.4, 0.5) is 5.69 Å². The maximum absolute atomic E-state index is 11.0. The maximum atomic E-state index is 11.0. The lowest BCUT2D eigenvalue weighted by atomic mass is 10.1. The van der Waals surface area contributed by atoms with Gasteiger partial charge < -0.3 is 9.84 Å². The van der Waals surface area contributed by atoms with E-state index in [0.29, 0.717) is 17.5 Å². The van der Waals surface area contributed by atoms with Crippen molar-refractivity contribution >= 4 is 23.4 Å². The highest BCUT2D eigenvalue weighted by molar-refractivity contribution is 7.98. The Morgan fingerprint density at radius 1 is 1.12 bits per heavy atom. The summed E-state index contributed by atoms with van der Waals surface area (Å²) in [6.45, 7) is 3.53. The number of carbonyl (C=O) groups excluding carboxylic acids is 1. The van der Waals surface area contributed by atoms with Crippen molar-refractivity contribution in [3.63, 3.8) is 0 Å². The molecular weight excluding hydrogens is 322 g/mol. The number of anilines is 1. The second kappa shape index (κ2) is 7.31. The molecule has 1 aromatic heterocycles. The van der Waals surface area contributed by atoms with Gasteiger partial charge in [0.25, 0.3) is 0 Å². The van der Waals surface area contributed by atoms with Crippen LogP contribution in [0.3, 0.4) is 0 Å². The Labute approximate surface area is 144 Å². The molecule has 0 unspecified atom stereocenters. The van der Waals surface area contributed by atoms with E-state index in [9.17, 15) is 4.79 Å². The molecular formula is C18H17N3O2S. The molecule has 3 rings (SSSR count). The van der Waals surface area contributed by atoms with E-state index in [4.69, 9.17) is 4.52 Å². The summed E-state index contributed by atoms with van der Waals surface area (Å²) in [5.74, 6) is 1.70. The van der Waals surface area contributed by atoms with E-state index < -0.39 is 0 Å². The summed E-state index contributed by atoms with van der Waals surface area (Å²) in [7, 11) is 0. The normalized spacial score (nSPS) is 10.6. The molecule has 0 atom stereocenters. The van der Waals surface area contributed by atoms with Gasteiger partial charge >= 0.3 is 0 Å². The molecule has 0 aliphatic rings. The van der Waals surface area contributed by atoms with Gasteiger partial charge in [0.2, 0.25) is 17.6 Å². The van der Waals surface area contributed by atoms with Crippen LogP contribution in [0.25, 0.3) is 11.4 Å². The van der Waals surface area contributed by atoms with Crippen molar-refractivity contribution in [3.05, 3.63) is 60.0 Å². The lowest BCUT2D eigenvalue weighted by Gasteiger charge is -2.03. The van der Waals surface area contributed by atoms with Crippen molar-refractivity contribution in [1.82, 2.24) is 10.1 Å². The van der Waals surface area contributed by atoms with Crippen molar-refractivity contribution in [1.29, 1.82) is 0 Å². The Kier molecular flexibility index (Phi) is 4.96. The Morgan fingerprint density at radius 2 is 1.83 bits per heavy atom. The van der Waals surface area contributed by atoms with Gasteiger partial charge in [-0.25, -0.2) is 0 Å². The third kappa shape index (κ3) is 4.23. The number of amides is 1. The molecule has 0 bridgehead atoms. The number of aromatic nitrogens is 2. The molecule has 0 aliphatic carbocycles. The Balaban J connectivity index is 1.61. The van der Waals surface area contributed by atoms with Crippen molar-refractivity contribution in [2.45, 2.75) is 24.5 Å². The SMILES string of the molecule is CC(=O)Nc1ccc(SCc2nc(-c3ccc(C)cc3)no2)cc1. The molecule has 1 amide bonds. The number of thioether (sulfide) groups is 1. The molecule has 0 fully saturated rings. The second-order valence-electron chi connectivity index (χ2n) is 5.37. The van der Waals surface area contributed by atoms with Crippen molar-refractivity contribution in [3.8, 4) is 11.4 Å². The number of hydrogen-bond donors (Lipinski definition) is 1. The average molecular weight is 339 g/mol. The first kappa shape index (κ1) is 16.3. The molecule has 1 heterocycles. The predicted molar refractivity (Wildman–Crippen MR) is 94.8 cm³/mol. The Hall–Kier alpha value is -2.60. The van der Waals surface area contributed by atoms with E-state index >= 15 is 0 Å². The first-order valence-electron chi connectivity index (χ1n) is 7.50. The highest BCUT2D eigenvalue weighted by atomic mass is 32.2. The molecule has 5 nitrogen and oxygen atoms in total. The van der Waals surface area contributed by atoms with Gasteiger partial charge in [-0.05, 0) is 31.2 Å². The third-order valence-corrected chi connectivity index (χ3v) is 4.31. The zero-order valence-corrected chi connectivity index (χ0v) is 14.3. The molecule has 0 saturated heterocycles. The number of nitrogens with one attached hydrogen (secondary N) is 1. The van der Waals surface area contributed by atoms with Gasteiger partial charge in [-0.2, -0.15) is 4.98 Å². The number of carbonyl (C=O) groups is 1. The smallest absolute Gasteiger partial charge is 0.237 e. The molecule has 24 heavy (non-hydrogen) atoms. The summed E-state index contributed by atoms with van der Waals surface area (Å²) < 4.78 is 5.31. The molecule has 122 valence electrons. The summed E-state index contributed by atoms with van der Waals surface area (Å²) in [5, 5.41) is 6.77. The quantitative estimate of drug-likeness (QED) is 0.702. The van der Waals surface area contributed by atoms with Crippen LogP contribution < -0.4 is 5.32 Å². The van der Waals surface area contributed by atoms with E-state index in [0.717, 1.165) is 16.1 Å². The minimum atomic E-state index is -0.0788. The minimum absolute atomic E-state index is 0.0788. The third-order valence-electron chi connectivity index (χ3n) is 3.31. The number of nitrogens with zero attached hydrogens (tertiary/aromatic N) is 2. The van der Waals surface area contributed by atoms with E-state index in [2.05, 4.69) is 15.5 Å². The van der Waals surface area contributed by atoms with Crippen LogP contribution in [0.2, 0.25) is 0 Å². The summed E-state index contributed by atoms with van der Waals surface area (Å²) in [6, 6.07) is 15.7. The molecule has 6 heteroatoms. The molecule has 0 saturated carbocycles. The predicted octanol–water partition coefficient (Wildman–Crippen LogP) is 4.30. The fourth-order valence-corrected chi connectivity index (χ4v) is 2.85. The number of aryl methyl sites for hydroxylation is 1. The topological polar surface area (TPSA) is 68.0 Å². The van der Waals surface area contributed by atoms with Crippen LogP contribution >= 0.6 is 11.8 Å². The van der Waals surface area contributed by atoms with Crippen LogP contribution in [-0.2, 0) is 10.5 Å². The molecule has 0 spiro atoms. The van der Waals surface area contributed by atoms with E-state index in [1.807, 2.05) is 55.5 Å². The van der Waals surface area contributed by atoms with E-state index in [1.54, 1.807) is 11.8 Å². The molecule has 0 aliphatic heterocycles. The number of hydrogen-bond acceptors (Lipinski definition) is 5. The van der Waals surface area contributed by atoms with Crippen LogP contribution in [0, 0.1) is 6.92 Å². The highest BCUT2D eigenvalue weighted by Crippen LogP contribution is 2.25. The monoisotopic (exact) mass is 339 g/mol. The fraction of sp³-hybridized carbons (Fsp3) is 0.167. The molecule has 3 aromatic rings. The lowest BCUT2D eigenvalue weighted by molar-refractivity contribution is -0.114. The van der Waals surface area contributed by atoms with Gasteiger partial charge in [-0.3, -0.25) is 4.79 Å². The molecule has 1 N–H and O–H groups in total. The highest BCUT2D eigenvalue weighted by Gasteiger charge is 2.09. The number of rotatable bonds is 5. The molecule has 2 aromatic carbocycles. The van der Waals surface area contributed by atoms with Crippen LogP contribution in [0.5, 0.6) is 0 Å². The summed E-state index contributed by atoms with van der Waals surface area (Å²) in [4.78, 5) is 16.5. The lowest BCUT2D eigenvalue weighted by Crippen LogP contribution is -2.05. The van der Waals surface area contributed by atoms with Crippen LogP contribution in [0.15, 0.2) is 57.9 Å². The van der Waals surface area contributed by atoms with Crippen molar-refractivity contribution in [2.24, 2.45) is 0 Å². The minimum Gasteiger partial charge on any atom is -0.338 e. The van der Waals surface area contributed by atoms with E-state index in [-0.39, 0.29) is 5.91 Å².